The molecule has 3 rings (SSSR count). The number of ether oxygens (including phenoxy) is 2. The van der Waals surface area contributed by atoms with Gasteiger partial charge in [-0.2, -0.15) is 14.9 Å². The van der Waals surface area contributed by atoms with Crippen molar-refractivity contribution in [2.45, 2.75) is 32.8 Å². The fraction of sp³-hybridized carbons (Fsp3) is 0.286. The topological polar surface area (TPSA) is 64.4 Å². The Morgan fingerprint density at radius 1 is 1.30 bits per heavy atom. The molecule has 3 aromatic rings. The van der Waals surface area contributed by atoms with Gasteiger partial charge in [0.05, 0.1) is 18.3 Å². The first-order chi connectivity index (χ1) is 14.5. The molecule has 0 saturated carbocycles. The van der Waals surface area contributed by atoms with Gasteiger partial charge in [-0.15, -0.1) is 0 Å². The molecule has 0 radical (unpaired) electrons. The summed E-state index contributed by atoms with van der Waals surface area (Å²) in [5.41, 5.74) is 1.08. The zero-order valence-electron chi connectivity index (χ0n) is 16.7. The largest absolute Gasteiger partial charge is 0.493 e. The normalized spacial score (nSPS) is 11.2. The van der Waals surface area contributed by atoms with Gasteiger partial charge in [0.1, 0.15) is 12.4 Å². The van der Waals surface area contributed by atoms with Crippen LogP contribution in [0.4, 0.5) is 4.39 Å². The third kappa shape index (κ3) is 5.25. The first-order valence-electron chi connectivity index (χ1n) is 9.47. The summed E-state index contributed by atoms with van der Waals surface area (Å²) < 4.78 is 27.1. The van der Waals surface area contributed by atoms with E-state index >= 15 is 0 Å². The maximum atomic E-state index is 13.9. The van der Waals surface area contributed by atoms with E-state index in [4.69, 9.17) is 33.3 Å². The fourth-order valence-electron chi connectivity index (χ4n) is 2.77. The van der Waals surface area contributed by atoms with Gasteiger partial charge < -0.3 is 9.47 Å². The van der Waals surface area contributed by atoms with E-state index in [0.29, 0.717) is 26.9 Å². The Hall–Kier alpha value is -2.71. The van der Waals surface area contributed by atoms with Crippen LogP contribution in [0.25, 0.3) is 0 Å². The molecule has 1 aromatic heterocycles. The lowest BCUT2D eigenvalue weighted by molar-refractivity contribution is 0.280. The van der Waals surface area contributed by atoms with Crippen LogP contribution in [-0.4, -0.2) is 28.2 Å². The number of aromatic nitrogens is 3. The first-order valence-corrected chi connectivity index (χ1v) is 10.3. The second-order valence-corrected chi connectivity index (χ2v) is 7.30. The minimum atomic E-state index is -0.416. The highest BCUT2D eigenvalue weighted by Crippen LogP contribution is 2.29. The first kappa shape index (κ1) is 22.0. The monoisotopic (exact) mass is 448 g/mol. The van der Waals surface area contributed by atoms with Crippen LogP contribution < -0.4 is 9.47 Å². The molecule has 0 aliphatic carbocycles. The smallest absolute Gasteiger partial charge is 0.216 e. The van der Waals surface area contributed by atoms with Crippen molar-refractivity contribution in [3.05, 3.63) is 69.0 Å². The van der Waals surface area contributed by atoms with Crippen LogP contribution in [0.5, 0.6) is 11.5 Å². The second-order valence-electron chi connectivity index (χ2n) is 6.50. The lowest BCUT2D eigenvalue weighted by Crippen LogP contribution is -2.02. The van der Waals surface area contributed by atoms with Crippen molar-refractivity contribution in [1.82, 2.24) is 14.9 Å². The fourth-order valence-corrected chi connectivity index (χ4v) is 3.18. The van der Waals surface area contributed by atoms with E-state index in [1.807, 2.05) is 6.07 Å². The molecule has 0 atom stereocenters. The molecular weight excluding hydrogens is 427 g/mol. The molecule has 0 amide bonds. The van der Waals surface area contributed by atoms with Gasteiger partial charge in [0.2, 0.25) is 4.77 Å². The molecule has 1 N–H and O–H groups in total. The zero-order chi connectivity index (χ0) is 21.5. The minimum absolute atomic E-state index is 0.0136. The van der Waals surface area contributed by atoms with E-state index in [-0.39, 0.29) is 6.61 Å². The van der Waals surface area contributed by atoms with Crippen molar-refractivity contribution in [2.75, 3.05) is 7.11 Å². The number of hydrogen-bond acceptors (Lipinski definition) is 5. The number of halogens is 2. The van der Waals surface area contributed by atoms with Gasteiger partial charge >= 0.3 is 0 Å². The number of rotatable bonds is 9. The van der Waals surface area contributed by atoms with Gasteiger partial charge in [0, 0.05) is 12.0 Å². The molecule has 0 saturated heterocycles. The van der Waals surface area contributed by atoms with Crippen molar-refractivity contribution in [2.24, 2.45) is 5.10 Å². The summed E-state index contributed by atoms with van der Waals surface area (Å²) in [5.74, 6) is 1.33. The van der Waals surface area contributed by atoms with Crippen LogP contribution in [0.2, 0.25) is 5.02 Å². The number of methoxy groups -OCH3 is 1. The molecule has 1 heterocycles. The molecule has 2 aromatic carbocycles. The predicted molar refractivity (Wildman–Crippen MR) is 118 cm³/mol. The number of nitrogens with one attached hydrogen (secondary N) is 1. The van der Waals surface area contributed by atoms with Gasteiger partial charge in [-0.3, -0.25) is 5.10 Å². The Morgan fingerprint density at radius 3 is 2.87 bits per heavy atom. The maximum absolute atomic E-state index is 13.9. The van der Waals surface area contributed by atoms with E-state index in [9.17, 15) is 4.39 Å². The number of benzene rings is 2. The third-order valence-electron chi connectivity index (χ3n) is 4.42. The zero-order valence-corrected chi connectivity index (χ0v) is 18.3. The van der Waals surface area contributed by atoms with Gasteiger partial charge in [-0.25, -0.2) is 4.39 Å². The highest BCUT2D eigenvalue weighted by atomic mass is 35.5. The summed E-state index contributed by atoms with van der Waals surface area (Å²) in [6.07, 6.45) is 4.51. The summed E-state index contributed by atoms with van der Waals surface area (Å²) in [4.78, 5) is 0. The summed E-state index contributed by atoms with van der Waals surface area (Å²) in [5, 5.41) is 11.8. The minimum Gasteiger partial charge on any atom is -0.493 e. The van der Waals surface area contributed by atoms with Crippen LogP contribution in [0, 0.1) is 10.6 Å². The van der Waals surface area contributed by atoms with Gasteiger partial charge in [-0.05, 0) is 54.5 Å². The SMILES string of the molecule is CCCCc1n[nH]c(=S)n1N=Cc1ccc(OCc2c(F)cccc2Cl)c(OC)c1. The highest BCUT2D eigenvalue weighted by molar-refractivity contribution is 7.71. The molecule has 158 valence electrons. The molecular formula is C21H22ClFN4O2S. The number of hydrogen-bond donors (Lipinski definition) is 1. The molecule has 0 aliphatic rings. The Labute approximate surface area is 184 Å². The number of aromatic amines is 1. The van der Waals surface area contributed by atoms with Crippen LogP contribution in [0.3, 0.4) is 0 Å². The summed E-state index contributed by atoms with van der Waals surface area (Å²) >= 11 is 11.3. The molecule has 9 heteroatoms. The van der Waals surface area contributed by atoms with Crippen LogP contribution in [-0.2, 0) is 13.0 Å². The summed E-state index contributed by atoms with van der Waals surface area (Å²) in [7, 11) is 1.54. The van der Waals surface area contributed by atoms with Crippen molar-refractivity contribution in [1.29, 1.82) is 0 Å². The van der Waals surface area contributed by atoms with E-state index < -0.39 is 5.82 Å². The Morgan fingerprint density at radius 2 is 2.13 bits per heavy atom. The standard InChI is InChI=1S/C21H22ClFN4O2S/c1-3-4-8-20-25-26-21(30)27(20)24-12-14-9-10-18(19(11-14)28-2)29-13-15-16(22)6-5-7-17(15)23/h5-7,9-12H,3-4,8,13H2,1-2H3,(H,26,30). The quantitative estimate of drug-likeness (QED) is 0.344. The highest BCUT2D eigenvalue weighted by Gasteiger charge is 2.11. The lowest BCUT2D eigenvalue weighted by atomic mass is 10.2. The average molecular weight is 449 g/mol. The number of nitrogens with zero attached hydrogens (tertiary/aromatic N) is 3. The van der Waals surface area contributed by atoms with E-state index in [1.165, 1.54) is 13.2 Å². The summed E-state index contributed by atoms with van der Waals surface area (Å²) in [6, 6.07) is 9.85. The molecule has 6 nitrogen and oxygen atoms in total. The Kier molecular flexibility index (Phi) is 7.59. The molecule has 0 fully saturated rings. The van der Waals surface area contributed by atoms with E-state index in [0.717, 1.165) is 30.7 Å². The Bertz CT molecular complexity index is 1080. The predicted octanol–water partition coefficient (Wildman–Crippen LogP) is 5.55. The molecule has 0 bridgehead atoms. The van der Waals surface area contributed by atoms with Crippen molar-refractivity contribution < 1.29 is 13.9 Å². The van der Waals surface area contributed by atoms with Gasteiger partial charge in [0.15, 0.2) is 17.3 Å². The van der Waals surface area contributed by atoms with Crippen molar-refractivity contribution >= 4 is 30.0 Å². The summed E-state index contributed by atoms with van der Waals surface area (Å²) in [6.45, 7) is 2.10. The molecule has 0 spiro atoms. The second kappa shape index (κ2) is 10.4. The van der Waals surface area contributed by atoms with E-state index in [1.54, 1.807) is 35.2 Å². The number of H-pyrrole nitrogens is 1. The lowest BCUT2D eigenvalue weighted by Gasteiger charge is -2.12. The van der Waals surface area contributed by atoms with Crippen molar-refractivity contribution in [3.8, 4) is 11.5 Å². The van der Waals surface area contributed by atoms with Crippen LogP contribution in [0.15, 0.2) is 41.5 Å². The van der Waals surface area contributed by atoms with E-state index in [2.05, 4.69) is 22.2 Å². The number of aryl methyl sites for hydroxylation is 1. The Balaban J connectivity index is 1.77. The van der Waals surface area contributed by atoms with Gasteiger partial charge in [-0.1, -0.05) is 31.0 Å². The van der Waals surface area contributed by atoms with Crippen LogP contribution >= 0.6 is 23.8 Å². The molecule has 0 aliphatic heterocycles. The molecule has 30 heavy (non-hydrogen) atoms. The van der Waals surface area contributed by atoms with Crippen LogP contribution in [0.1, 0.15) is 36.7 Å². The molecule has 0 unspecified atom stereocenters. The maximum Gasteiger partial charge on any atom is 0.216 e. The van der Waals surface area contributed by atoms with Gasteiger partial charge in [0.25, 0.3) is 0 Å². The third-order valence-corrected chi connectivity index (χ3v) is 5.03. The van der Waals surface area contributed by atoms with Crippen molar-refractivity contribution in [3.63, 3.8) is 0 Å². The average Bonchev–Trinajstić information content (AvgIpc) is 3.10. The number of unbranched alkanes of at least 4 members (excludes halogenated alkanes) is 1.